The lowest BCUT2D eigenvalue weighted by atomic mass is 10.2. The fourth-order valence-corrected chi connectivity index (χ4v) is 1.99. The molecule has 20 heavy (non-hydrogen) atoms. The maximum atomic E-state index is 11.9. The summed E-state index contributed by atoms with van der Waals surface area (Å²) < 4.78 is 16.3. The van der Waals surface area contributed by atoms with Gasteiger partial charge >= 0.3 is 5.97 Å². The summed E-state index contributed by atoms with van der Waals surface area (Å²) in [6.07, 6.45) is 0.0577. The van der Waals surface area contributed by atoms with Crippen molar-refractivity contribution in [2.45, 2.75) is 26.4 Å². The number of carbonyl (C=O) groups excluding carboxylic acids is 1. The molecule has 0 aliphatic rings. The Labute approximate surface area is 126 Å². The van der Waals surface area contributed by atoms with Crippen LogP contribution < -0.4 is 9.47 Å². The van der Waals surface area contributed by atoms with E-state index in [-0.39, 0.29) is 0 Å². The number of benzene rings is 1. The number of esters is 1. The van der Waals surface area contributed by atoms with Gasteiger partial charge in [-0.05, 0) is 41.4 Å². The topological polar surface area (TPSA) is 68.5 Å². The van der Waals surface area contributed by atoms with Gasteiger partial charge in [0.25, 0.3) is 0 Å². The first-order valence-corrected chi connectivity index (χ1v) is 6.93. The third-order valence-electron chi connectivity index (χ3n) is 2.38. The van der Waals surface area contributed by atoms with Gasteiger partial charge in [0.05, 0.1) is 23.8 Å². The van der Waals surface area contributed by atoms with Gasteiger partial charge < -0.3 is 14.2 Å². The molecule has 6 heteroatoms. The summed E-state index contributed by atoms with van der Waals surface area (Å²) in [5.41, 5.74) is 0.291. The Kier molecular flexibility index (Phi) is 6.32. The molecular formula is C14H16BrNO4. The average Bonchev–Trinajstić information content (AvgIpc) is 2.44. The van der Waals surface area contributed by atoms with Crippen LogP contribution in [0.3, 0.4) is 0 Å². The average molecular weight is 342 g/mol. The number of nitrogens with zero attached hydrogens (tertiary/aromatic N) is 1. The number of carbonyl (C=O) groups is 1. The van der Waals surface area contributed by atoms with Gasteiger partial charge in [-0.2, -0.15) is 5.26 Å². The van der Waals surface area contributed by atoms with Crippen LogP contribution >= 0.6 is 15.9 Å². The van der Waals surface area contributed by atoms with E-state index < -0.39 is 12.1 Å². The number of methoxy groups -OCH3 is 1. The van der Waals surface area contributed by atoms with Gasteiger partial charge in [-0.3, -0.25) is 0 Å². The number of hydrogen-bond acceptors (Lipinski definition) is 5. The number of rotatable bonds is 6. The van der Waals surface area contributed by atoms with Gasteiger partial charge in [0.2, 0.25) is 0 Å². The minimum atomic E-state index is -0.803. The van der Waals surface area contributed by atoms with Crippen LogP contribution in [0.25, 0.3) is 0 Å². The maximum Gasteiger partial charge on any atom is 0.339 e. The molecule has 108 valence electrons. The summed E-state index contributed by atoms with van der Waals surface area (Å²) in [6.45, 7) is 4.04. The monoisotopic (exact) mass is 341 g/mol. The lowest BCUT2D eigenvalue weighted by Gasteiger charge is -2.14. The van der Waals surface area contributed by atoms with Crippen LogP contribution in [-0.2, 0) is 4.74 Å². The minimum absolute atomic E-state index is 0.291. The van der Waals surface area contributed by atoms with Gasteiger partial charge in [-0.1, -0.05) is 6.92 Å². The third-order valence-corrected chi connectivity index (χ3v) is 2.97. The highest BCUT2D eigenvalue weighted by Crippen LogP contribution is 2.37. The standard InChI is InChI=1S/C14H16BrNO4/c1-4-5-19-13-11(15)6-10(7-12(13)18-3)14(17)20-9(2)8-16/h6-7,9H,4-5H2,1-3H3/t9-/m1/s1. The zero-order valence-electron chi connectivity index (χ0n) is 11.6. The minimum Gasteiger partial charge on any atom is -0.493 e. The van der Waals surface area contributed by atoms with Crippen LogP contribution in [0.15, 0.2) is 16.6 Å². The molecule has 0 heterocycles. The molecule has 0 N–H and O–H groups in total. The summed E-state index contributed by atoms with van der Waals surface area (Å²) in [5.74, 6) is 0.392. The smallest absolute Gasteiger partial charge is 0.339 e. The highest BCUT2D eigenvalue weighted by Gasteiger charge is 2.18. The summed E-state index contributed by atoms with van der Waals surface area (Å²) in [5, 5.41) is 8.65. The van der Waals surface area contributed by atoms with Crippen LogP contribution in [0.1, 0.15) is 30.6 Å². The molecule has 5 nitrogen and oxygen atoms in total. The van der Waals surface area contributed by atoms with Gasteiger partial charge in [0.15, 0.2) is 17.6 Å². The van der Waals surface area contributed by atoms with Gasteiger partial charge in [0.1, 0.15) is 6.07 Å². The molecule has 0 aromatic heterocycles. The second kappa shape index (κ2) is 7.75. The summed E-state index contributed by atoms with van der Waals surface area (Å²) in [6, 6.07) is 4.95. The third kappa shape index (κ3) is 4.14. The predicted molar refractivity (Wildman–Crippen MR) is 77.0 cm³/mol. The normalized spacial score (nSPS) is 11.3. The van der Waals surface area contributed by atoms with E-state index >= 15 is 0 Å². The molecule has 0 bridgehead atoms. The van der Waals surface area contributed by atoms with Gasteiger partial charge in [0, 0.05) is 0 Å². The summed E-state index contributed by atoms with van der Waals surface area (Å²) >= 11 is 3.34. The van der Waals surface area contributed by atoms with E-state index in [1.807, 2.05) is 13.0 Å². The van der Waals surface area contributed by atoms with Crippen molar-refractivity contribution in [2.24, 2.45) is 0 Å². The second-order valence-corrected chi connectivity index (χ2v) is 4.87. The van der Waals surface area contributed by atoms with E-state index in [9.17, 15) is 4.79 Å². The largest absolute Gasteiger partial charge is 0.493 e. The predicted octanol–water partition coefficient (Wildman–Crippen LogP) is 3.32. The Balaban J connectivity index is 3.04. The molecule has 0 aliphatic carbocycles. The number of halogens is 1. The fraction of sp³-hybridized carbons (Fsp3) is 0.429. The molecule has 0 spiro atoms. The van der Waals surface area contributed by atoms with Crippen molar-refractivity contribution in [3.63, 3.8) is 0 Å². The maximum absolute atomic E-state index is 11.9. The van der Waals surface area contributed by atoms with Crippen LogP contribution in [0.4, 0.5) is 0 Å². The molecular weight excluding hydrogens is 326 g/mol. The van der Waals surface area contributed by atoms with Crippen molar-refractivity contribution in [1.29, 1.82) is 5.26 Å². The molecule has 0 fully saturated rings. The second-order valence-electron chi connectivity index (χ2n) is 4.01. The lowest BCUT2D eigenvalue weighted by molar-refractivity contribution is 0.0435. The van der Waals surface area contributed by atoms with E-state index in [4.69, 9.17) is 19.5 Å². The van der Waals surface area contributed by atoms with Crippen LogP contribution in [0, 0.1) is 11.3 Å². The number of hydrogen-bond donors (Lipinski definition) is 0. The van der Waals surface area contributed by atoms with Crippen molar-refractivity contribution in [3.05, 3.63) is 22.2 Å². The molecule has 0 saturated carbocycles. The first-order valence-electron chi connectivity index (χ1n) is 6.14. The van der Waals surface area contributed by atoms with Crippen molar-refractivity contribution < 1.29 is 19.0 Å². The fourth-order valence-electron chi connectivity index (χ4n) is 1.44. The molecule has 1 atom stereocenters. The number of nitriles is 1. The molecule has 1 aromatic rings. The first kappa shape index (κ1) is 16.3. The Bertz CT molecular complexity index is 525. The molecule has 1 rings (SSSR count). The molecule has 0 amide bonds. The Morgan fingerprint density at radius 1 is 1.50 bits per heavy atom. The van der Waals surface area contributed by atoms with Crippen LogP contribution in [-0.4, -0.2) is 25.8 Å². The summed E-state index contributed by atoms with van der Waals surface area (Å²) in [7, 11) is 1.49. The van der Waals surface area contributed by atoms with E-state index in [1.54, 1.807) is 6.07 Å². The summed E-state index contributed by atoms with van der Waals surface area (Å²) in [4.78, 5) is 11.9. The van der Waals surface area contributed by atoms with E-state index in [0.29, 0.717) is 28.1 Å². The Hall–Kier alpha value is -1.74. The highest BCUT2D eigenvalue weighted by molar-refractivity contribution is 9.10. The quantitative estimate of drug-likeness (QED) is 0.742. The van der Waals surface area contributed by atoms with Crippen molar-refractivity contribution in [3.8, 4) is 17.6 Å². The van der Waals surface area contributed by atoms with Gasteiger partial charge in [-0.25, -0.2) is 4.79 Å². The Morgan fingerprint density at radius 3 is 2.75 bits per heavy atom. The molecule has 0 saturated heterocycles. The van der Waals surface area contributed by atoms with Crippen molar-refractivity contribution >= 4 is 21.9 Å². The zero-order valence-corrected chi connectivity index (χ0v) is 13.2. The molecule has 0 unspecified atom stereocenters. The lowest BCUT2D eigenvalue weighted by Crippen LogP contribution is -2.13. The molecule has 1 aromatic carbocycles. The van der Waals surface area contributed by atoms with E-state index in [1.165, 1.54) is 20.1 Å². The van der Waals surface area contributed by atoms with Crippen molar-refractivity contribution in [2.75, 3.05) is 13.7 Å². The van der Waals surface area contributed by atoms with Crippen LogP contribution in [0.5, 0.6) is 11.5 Å². The Morgan fingerprint density at radius 2 is 2.20 bits per heavy atom. The van der Waals surface area contributed by atoms with Crippen LogP contribution in [0.2, 0.25) is 0 Å². The molecule has 0 aliphatic heterocycles. The SMILES string of the molecule is CCCOc1c(Br)cc(C(=O)O[C@H](C)C#N)cc1OC. The zero-order chi connectivity index (χ0) is 15.1. The first-order chi connectivity index (χ1) is 9.53. The number of ether oxygens (including phenoxy) is 3. The van der Waals surface area contributed by atoms with Gasteiger partial charge in [-0.15, -0.1) is 0 Å². The van der Waals surface area contributed by atoms with E-state index in [0.717, 1.165) is 6.42 Å². The van der Waals surface area contributed by atoms with E-state index in [2.05, 4.69) is 15.9 Å². The molecule has 0 radical (unpaired) electrons. The van der Waals surface area contributed by atoms with Crippen molar-refractivity contribution in [1.82, 2.24) is 0 Å². The highest BCUT2D eigenvalue weighted by atomic mass is 79.9.